The smallest absolute Gasteiger partial charge is 0.260 e. The number of hydrogen-bond donors (Lipinski definition) is 1. The number of carbonyl (C=O) groups is 1. The van der Waals surface area contributed by atoms with Crippen LogP contribution in [0, 0.1) is 13.8 Å². The fraction of sp³-hybridized carbons (Fsp3) is 0.227. The number of ether oxygens (including phenoxy) is 1. The molecule has 0 unspecified atom stereocenters. The molecule has 0 radical (unpaired) electrons. The molecule has 31 heavy (non-hydrogen) atoms. The van der Waals surface area contributed by atoms with Crippen molar-refractivity contribution in [2.75, 3.05) is 12.4 Å². The first kappa shape index (κ1) is 20.7. The summed E-state index contributed by atoms with van der Waals surface area (Å²) in [6.45, 7) is 6.11. The summed E-state index contributed by atoms with van der Waals surface area (Å²) in [5.74, 6) is 0.670. The van der Waals surface area contributed by atoms with E-state index in [0.29, 0.717) is 28.8 Å². The lowest BCUT2D eigenvalue weighted by Crippen LogP contribution is -2.14. The Morgan fingerprint density at radius 2 is 2.00 bits per heavy atom. The number of nitrogens with zero attached hydrogens (tertiary/aromatic N) is 5. The van der Waals surface area contributed by atoms with Gasteiger partial charge in [-0.05, 0) is 43.5 Å². The molecule has 3 aromatic heterocycles. The number of anilines is 1. The molecule has 0 saturated heterocycles. The van der Waals surface area contributed by atoms with Crippen LogP contribution in [-0.2, 0) is 6.42 Å². The lowest BCUT2D eigenvalue weighted by molar-refractivity contribution is 0.102. The second-order valence-electron chi connectivity index (χ2n) is 7.00. The summed E-state index contributed by atoms with van der Waals surface area (Å²) >= 11 is 1.39. The number of methoxy groups -OCH3 is 1. The summed E-state index contributed by atoms with van der Waals surface area (Å²) < 4.78 is 6.66. The third kappa shape index (κ3) is 4.17. The fourth-order valence-corrected chi connectivity index (χ4v) is 3.88. The van der Waals surface area contributed by atoms with Gasteiger partial charge in [-0.15, -0.1) is 21.5 Å². The van der Waals surface area contributed by atoms with E-state index in [0.717, 1.165) is 17.0 Å². The van der Waals surface area contributed by atoms with Crippen LogP contribution in [0.15, 0.2) is 41.9 Å². The van der Waals surface area contributed by atoms with Crippen molar-refractivity contribution < 1.29 is 9.53 Å². The van der Waals surface area contributed by atoms with Crippen molar-refractivity contribution in [3.05, 3.63) is 64.3 Å². The number of amides is 1. The summed E-state index contributed by atoms with van der Waals surface area (Å²) in [7, 11) is 1.53. The summed E-state index contributed by atoms with van der Waals surface area (Å²) in [4.78, 5) is 17.5. The zero-order valence-corrected chi connectivity index (χ0v) is 18.5. The third-order valence-electron chi connectivity index (χ3n) is 5.03. The molecule has 0 aliphatic heterocycles. The van der Waals surface area contributed by atoms with E-state index in [9.17, 15) is 4.79 Å². The van der Waals surface area contributed by atoms with Gasteiger partial charge in [0.1, 0.15) is 0 Å². The number of nitrogens with one attached hydrogen (secondary N) is 1. The molecule has 4 rings (SSSR count). The van der Waals surface area contributed by atoms with Crippen molar-refractivity contribution in [3.63, 3.8) is 0 Å². The monoisotopic (exact) mass is 434 g/mol. The minimum Gasteiger partial charge on any atom is -0.480 e. The molecular formula is C22H22N6O2S. The lowest BCUT2D eigenvalue weighted by atomic mass is 10.1. The van der Waals surface area contributed by atoms with Gasteiger partial charge in [0, 0.05) is 17.0 Å². The number of thiazole rings is 1. The van der Waals surface area contributed by atoms with Crippen LogP contribution < -0.4 is 10.1 Å². The maximum absolute atomic E-state index is 12.9. The van der Waals surface area contributed by atoms with Gasteiger partial charge in [-0.1, -0.05) is 19.1 Å². The number of hydrogen-bond acceptors (Lipinski definition) is 7. The summed E-state index contributed by atoms with van der Waals surface area (Å²) in [6.07, 6.45) is 2.14. The molecule has 0 aliphatic rings. The normalized spacial score (nSPS) is 10.8. The molecule has 8 nitrogen and oxygen atoms in total. The largest absolute Gasteiger partial charge is 0.480 e. The van der Waals surface area contributed by atoms with E-state index in [4.69, 9.17) is 4.74 Å². The molecule has 4 aromatic rings. The van der Waals surface area contributed by atoms with E-state index in [1.165, 1.54) is 35.8 Å². The third-order valence-corrected chi connectivity index (χ3v) is 5.79. The minimum absolute atomic E-state index is 0.259. The number of benzene rings is 1. The van der Waals surface area contributed by atoms with Gasteiger partial charge in [0.25, 0.3) is 5.91 Å². The van der Waals surface area contributed by atoms with Gasteiger partial charge in [-0.2, -0.15) is 5.10 Å². The van der Waals surface area contributed by atoms with Crippen LogP contribution in [0.2, 0.25) is 0 Å². The number of aryl methyl sites for hydroxylation is 2. The Bertz CT molecular complexity index is 1230. The molecule has 1 aromatic carbocycles. The van der Waals surface area contributed by atoms with Crippen LogP contribution in [0.4, 0.5) is 5.13 Å². The molecule has 158 valence electrons. The summed E-state index contributed by atoms with van der Waals surface area (Å²) in [5, 5.41) is 17.8. The summed E-state index contributed by atoms with van der Waals surface area (Å²) in [6, 6.07) is 9.67. The van der Waals surface area contributed by atoms with Gasteiger partial charge >= 0.3 is 0 Å². The molecule has 0 bridgehead atoms. The molecule has 0 aliphatic carbocycles. The molecule has 9 heteroatoms. The Kier molecular flexibility index (Phi) is 5.77. The average molecular weight is 435 g/mol. The Morgan fingerprint density at radius 1 is 1.16 bits per heavy atom. The fourth-order valence-electron chi connectivity index (χ4n) is 3.16. The predicted octanol–water partition coefficient (Wildman–Crippen LogP) is 4.23. The Labute approximate surface area is 183 Å². The molecule has 1 amide bonds. The van der Waals surface area contributed by atoms with E-state index in [1.807, 2.05) is 18.4 Å². The van der Waals surface area contributed by atoms with Crippen molar-refractivity contribution in [1.82, 2.24) is 25.0 Å². The van der Waals surface area contributed by atoms with Gasteiger partial charge in [0.05, 0.1) is 30.3 Å². The number of rotatable bonds is 6. The average Bonchev–Trinajstić information content (AvgIpc) is 3.42. The number of aromatic nitrogens is 5. The highest BCUT2D eigenvalue weighted by atomic mass is 32.1. The van der Waals surface area contributed by atoms with E-state index in [2.05, 4.69) is 51.6 Å². The Hall–Kier alpha value is -3.59. The second kappa shape index (κ2) is 8.65. The molecule has 0 atom stereocenters. The van der Waals surface area contributed by atoms with Gasteiger partial charge in [-0.3, -0.25) is 10.1 Å². The maximum Gasteiger partial charge on any atom is 0.260 e. The van der Waals surface area contributed by atoms with Crippen LogP contribution in [0.25, 0.3) is 17.1 Å². The van der Waals surface area contributed by atoms with E-state index >= 15 is 0 Å². The van der Waals surface area contributed by atoms with Crippen LogP contribution in [0.5, 0.6) is 5.88 Å². The Morgan fingerprint density at radius 3 is 2.68 bits per heavy atom. The molecule has 0 spiro atoms. The quantitative estimate of drug-likeness (QED) is 0.488. The zero-order chi connectivity index (χ0) is 22.0. The number of carbonyl (C=O) groups excluding carboxylic acids is 1. The van der Waals surface area contributed by atoms with Gasteiger partial charge in [0.15, 0.2) is 10.9 Å². The standard InChI is InChI=1S/C22H22N6O2S/c1-5-18-16(11-23-28(18)19-8-9-20(30-4)27-26-19)21(29)25-22-24-17(12-31-22)15-7-6-13(2)14(3)10-15/h6-12H,5H2,1-4H3,(H,24,25,29). The van der Waals surface area contributed by atoms with E-state index < -0.39 is 0 Å². The highest BCUT2D eigenvalue weighted by Crippen LogP contribution is 2.27. The predicted molar refractivity (Wildman–Crippen MR) is 120 cm³/mol. The van der Waals surface area contributed by atoms with Crippen LogP contribution in [0.1, 0.15) is 34.1 Å². The molecule has 0 fully saturated rings. The van der Waals surface area contributed by atoms with Crippen molar-refractivity contribution in [2.24, 2.45) is 0 Å². The van der Waals surface area contributed by atoms with Crippen molar-refractivity contribution in [1.29, 1.82) is 0 Å². The first-order valence-corrected chi connectivity index (χ1v) is 10.7. The minimum atomic E-state index is -0.259. The maximum atomic E-state index is 12.9. The van der Waals surface area contributed by atoms with Gasteiger partial charge < -0.3 is 4.74 Å². The molecular weight excluding hydrogens is 412 g/mol. The molecule has 1 N–H and O–H groups in total. The topological polar surface area (TPSA) is 94.8 Å². The highest BCUT2D eigenvalue weighted by Gasteiger charge is 2.19. The van der Waals surface area contributed by atoms with Gasteiger partial charge in [-0.25, -0.2) is 9.67 Å². The van der Waals surface area contributed by atoms with Gasteiger partial charge in [0.2, 0.25) is 5.88 Å². The van der Waals surface area contributed by atoms with Crippen molar-refractivity contribution in [2.45, 2.75) is 27.2 Å². The SMILES string of the molecule is CCc1c(C(=O)Nc2nc(-c3ccc(C)c(C)c3)cs2)cnn1-c1ccc(OC)nn1. The zero-order valence-electron chi connectivity index (χ0n) is 17.7. The van der Waals surface area contributed by atoms with Crippen LogP contribution >= 0.6 is 11.3 Å². The van der Waals surface area contributed by atoms with E-state index in [1.54, 1.807) is 16.8 Å². The van der Waals surface area contributed by atoms with E-state index in [-0.39, 0.29) is 5.91 Å². The molecule has 0 saturated carbocycles. The second-order valence-corrected chi connectivity index (χ2v) is 7.85. The van der Waals surface area contributed by atoms with Crippen LogP contribution in [0.3, 0.4) is 0 Å². The lowest BCUT2D eigenvalue weighted by Gasteiger charge is -2.07. The first-order chi connectivity index (χ1) is 15.0. The highest BCUT2D eigenvalue weighted by molar-refractivity contribution is 7.14. The Balaban J connectivity index is 1.56. The van der Waals surface area contributed by atoms with Crippen molar-refractivity contribution >= 4 is 22.4 Å². The first-order valence-electron chi connectivity index (χ1n) is 9.79. The molecule has 3 heterocycles. The van der Waals surface area contributed by atoms with Crippen LogP contribution in [-0.4, -0.2) is 38.0 Å². The van der Waals surface area contributed by atoms with Crippen molar-refractivity contribution in [3.8, 4) is 23.0 Å². The summed E-state index contributed by atoms with van der Waals surface area (Å²) in [5.41, 5.74) is 5.52.